The number of hydrogen-bond donors (Lipinski definition) is 1. The summed E-state index contributed by atoms with van der Waals surface area (Å²) in [6, 6.07) is 10.7. The van der Waals surface area contributed by atoms with Crippen LogP contribution in [0.1, 0.15) is 59.6 Å². The fraction of sp³-hybridized carbons (Fsp3) is 0.684. The third-order valence-corrected chi connectivity index (χ3v) is 6.00. The molecule has 0 amide bonds. The molecule has 4 atom stereocenters. The van der Waals surface area contributed by atoms with Crippen LogP contribution in [0.3, 0.4) is 0 Å². The molecule has 132 valence electrons. The van der Waals surface area contributed by atoms with E-state index >= 15 is 0 Å². The van der Waals surface area contributed by atoms with E-state index in [9.17, 15) is 4.55 Å². The summed E-state index contributed by atoms with van der Waals surface area (Å²) in [4.78, 5) is 2.37. The first-order valence-electron chi connectivity index (χ1n) is 8.60. The highest BCUT2D eigenvalue weighted by Crippen LogP contribution is 2.25. The van der Waals surface area contributed by atoms with Crippen molar-refractivity contribution >= 4 is 11.4 Å². The second-order valence-electron chi connectivity index (χ2n) is 7.58. The van der Waals surface area contributed by atoms with Crippen LogP contribution in [0.2, 0.25) is 0 Å². The number of benzene rings is 1. The van der Waals surface area contributed by atoms with Crippen molar-refractivity contribution in [1.29, 1.82) is 0 Å². The Morgan fingerprint density at radius 3 is 2.22 bits per heavy atom. The van der Waals surface area contributed by atoms with Crippen molar-refractivity contribution in [2.24, 2.45) is 5.92 Å². The maximum absolute atomic E-state index is 12.6. The molecule has 1 N–H and O–H groups in total. The van der Waals surface area contributed by atoms with E-state index in [-0.39, 0.29) is 16.8 Å². The molecule has 0 fully saturated rings. The predicted octanol–water partition coefficient (Wildman–Crippen LogP) is 4.15. The lowest BCUT2D eigenvalue weighted by atomic mass is 9.99. The first kappa shape index (κ1) is 20.5. The quantitative estimate of drug-likeness (QED) is 0.724. The van der Waals surface area contributed by atoms with Gasteiger partial charge in [-0.1, -0.05) is 50.6 Å². The summed E-state index contributed by atoms with van der Waals surface area (Å²) >= 11 is -1.10. The zero-order valence-corrected chi connectivity index (χ0v) is 16.6. The topological polar surface area (TPSA) is 38.3 Å². The molecule has 1 rings (SSSR count). The molecule has 0 bridgehead atoms. The molecule has 3 nitrogen and oxygen atoms in total. The highest BCUT2D eigenvalue weighted by Gasteiger charge is 2.33. The van der Waals surface area contributed by atoms with Gasteiger partial charge in [0.15, 0.2) is 0 Å². The Hall–Kier alpha value is -0.550. The van der Waals surface area contributed by atoms with Crippen LogP contribution in [0.5, 0.6) is 0 Å². The standard InChI is InChI=1S/C19H34N2OS/c1-8-15(2)14-21(7)16(3)18(17-12-10-9-11-13-17)20-23(22)19(4,5)6/h9-13,15-16,18,20H,8,14H2,1-7H3. The van der Waals surface area contributed by atoms with Gasteiger partial charge in [0.05, 0.1) is 6.04 Å². The summed E-state index contributed by atoms with van der Waals surface area (Å²) in [7, 11) is 2.16. The third-order valence-electron chi connectivity index (χ3n) is 4.42. The maximum Gasteiger partial charge on any atom is 0.136 e. The Bertz CT molecular complexity index is 446. The molecular weight excluding hydrogens is 304 g/mol. The van der Waals surface area contributed by atoms with Crippen molar-refractivity contribution in [3.63, 3.8) is 0 Å². The summed E-state index contributed by atoms with van der Waals surface area (Å²) in [5, 5.41) is 0. The lowest BCUT2D eigenvalue weighted by Gasteiger charge is -2.36. The van der Waals surface area contributed by atoms with Gasteiger partial charge in [-0.15, -0.1) is 4.72 Å². The van der Waals surface area contributed by atoms with Gasteiger partial charge in [0, 0.05) is 23.9 Å². The van der Waals surface area contributed by atoms with Gasteiger partial charge in [-0.05, 0) is 46.2 Å². The molecule has 23 heavy (non-hydrogen) atoms. The molecule has 4 unspecified atom stereocenters. The average molecular weight is 339 g/mol. The SMILES string of the molecule is CCC(C)CN(C)C(C)C(N[S+]([O-])C(C)(C)C)c1ccccc1. The molecule has 4 heteroatoms. The van der Waals surface area contributed by atoms with Crippen LogP contribution in [0.15, 0.2) is 30.3 Å². The van der Waals surface area contributed by atoms with Crippen LogP contribution < -0.4 is 4.72 Å². The Morgan fingerprint density at radius 1 is 1.17 bits per heavy atom. The Kier molecular flexibility index (Phi) is 8.08. The predicted molar refractivity (Wildman–Crippen MR) is 102 cm³/mol. The summed E-state index contributed by atoms with van der Waals surface area (Å²) < 4.78 is 15.7. The van der Waals surface area contributed by atoms with E-state index in [4.69, 9.17) is 0 Å². The van der Waals surface area contributed by atoms with Crippen LogP contribution >= 0.6 is 0 Å². The largest absolute Gasteiger partial charge is 0.598 e. The van der Waals surface area contributed by atoms with E-state index in [1.54, 1.807) is 0 Å². The number of rotatable bonds is 8. The monoisotopic (exact) mass is 338 g/mol. The van der Waals surface area contributed by atoms with E-state index in [1.165, 1.54) is 12.0 Å². The number of nitrogens with one attached hydrogen (secondary N) is 1. The van der Waals surface area contributed by atoms with Gasteiger partial charge in [0.25, 0.3) is 0 Å². The van der Waals surface area contributed by atoms with Crippen LogP contribution in [-0.4, -0.2) is 33.8 Å². The Labute approximate surface area is 146 Å². The normalized spacial score (nSPS) is 17.8. The minimum Gasteiger partial charge on any atom is -0.598 e. The number of nitrogens with zero attached hydrogens (tertiary/aromatic N) is 1. The fourth-order valence-electron chi connectivity index (χ4n) is 2.44. The van der Waals surface area contributed by atoms with Crippen LogP contribution in [-0.2, 0) is 11.4 Å². The van der Waals surface area contributed by atoms with Crippen molar-refractivity contribution in [3.05, 3.63) is 35.9 Å². The van der Waals surface area contributed by atoms with Crippen molar-refractivity contribution in [2.45, 2.75) is 64.8 Å². The van der Waals surface area contributed by atoms with Crippen molar-refractivity contribution in [1.82, 2.24) is 9.62 Å². The van der Waals surface area contributed by atoms with Gasteiger partial charge >= 0.3 is 0 Å². The lowest BCUT2D eigenvalue weighted by Crippen LogP contribution is -2.48. The summed E-state index contributed by atoms with van der Waals surface area (Å²) in [5.41, 5.74) is 1.19. The molecule has 0 radical (unpaired) electrons. The second-order valence-corrected chi connectivity index (χ2v) is 9.58. The average Bonchev–Trinajstić information content (AvgIpc) is 2.51. The van der Waals surface area contributed by atoms with Gasteiger partial charge in [-0.3, -0.25) is 0 Å². The Balaban J connectivity index is 2.95. The summed E-state index contributed by atoms with van der Waals surface area (Å²) in [6.07, 6.45) is 1.18. The van der Waals surface area contributed by atoms with E-state index < -0.39 is 11.4 Å². The summed E-state index contributed by atoms with van der Waals surface area (Å²) in [5.74, 6) is 0.659. The van der Waals surface area contributed by atoms with Crippen LogP contribution in [0.25, 0.3) is 0 Å². The number of hydrogen-bond acceptors (Lipinski definition) is 3. The molecule has 0 saturated carbocycles. The van der Waals surface area contributed by atoms with Crippen molar-refractivity contribution in [2.75, 3.05) is 13.6 Å². The van der Waals surface area contributed by atoms with Crippen molar-refractivity contribution < 1.29 is 4.55 Å². The van der Waals surface area contributed by atoms with E-state index in [0.717, 1.165) is 6.54 Å². The molecule has 0 aliphatic rings. The minimum atomic E-state index is -1.10. The molecule has 1 aromatic rings. The molecule has 1 aromatic carbocycles. The highest BCUT2D eigenvalue weighted by molar-refractivity contribution is 7.90. The molecule has 0 aliphatic heterocycles. The molecule has 0 aliphatic carbocycles. The van der Waals surface area contributed by atoms with Crippen LogP contribution in [0.4, 0.5) is 0 Å². The van der Waals surface area contributed by atoms with E-state index in [1.807, 2.05) is 39.0 Å². The highest BCUT2D eigenvalue weighted by atomic mass is 32.2. The van der Waals surface area contributed by atoms with Crippen molar-refractivity contribution in [3.8, 4) is 0 Å². The van der Waals surface area contributed by atoms with E-state index in [2.05, 4.69) is 49.6 Å². The number of likely N-dealkylation sites (N-methyl/N-ethyl adjacent to an activating group) is 1. The minimum absolute atomic E-state index is 0.0466. The summed E-state index contributed by atoms with van der Waals surface area (Å²) in [6.45, 7) is 13.8. The first-order chi connectivity index (χ1) is 10.7. The first-order valence-corrected chi connectivity index (χ1v) is 9.75. The molecule has 0 heterocycles. The zero-order valence-electron chi connectivity index (χ0n) is 15.8. The molecule has 0 aromatic heterocycles. The molecule has 0 saturated heterocycles. The second kappa shape index (κ2) is 9.07. The maximum atomic E-state index is 12.6. The molecular formula is C19H34N2OS. The van der Waals surface area contributed by atoms with Gasteiger partial charge in [-0.25, -0.2) is 0 Å². The smallest absolute Gasteiger partial charge is 0.136 e. The van der Waals surface area contributed by atoms with Gasteiger partial charge < -0.3 is 9.45 Å². The third kappa shape index (κ3) is 6.46. The van der Waals surface area contributed by atoms with Gasteiger partial charge in [-0.2, -0.15) is 0 Å². The van der Waals surface area contributed by atoms with Gasteiger partial charge in [0.1, 0.15) is 4.75 Å². The Morgan fingerprint density at radius 2 is 1.74 bits per heavy atom. The zero-order chi connectivity index (χ0) is 17.6. The van der Waals surface area contributed by atoms with E-state index in [0.29, 0.717) is 5.92 Å². The van der Waals surface area contributed by atoms with Crippen LogP contribution in [0, 0.1) is 5.92 Å². The fourth-order valence-corrected chi connectivity index (χ4v) is 3.36. The van der Waals surface area contributed by atoms with Gasteiger partial charge in [0.2, 0.25) is 0 Å². The molecule has 0 spiro atoms. The lowest BCUT2D eigenvalue weighted by molar-refractivity contribution is 0.191.